The van der Waals surface area contributed by atoms with Gasteiger partial charge in [-0.15, -0.1) is 0 Å². The normalized spacial score (nSPS) is 10.0. The number of hydrogen-bond acceptors (Lipinski definition) is 3. The Morgan fingerprint density at radius 3 is 2.47 bits per heavy atom. The Bertz CT molecular complexity index is 596. The van der Waals surface area contributed by atoms with E-state index in [0.29, 0.717) is 11.4 Å². The fraction of sp³-hybridized carbons (Fsp3) is 0.0714. The number of halogens is 1. The molecule has 0 aliphatic heterocycles. The van der Waals surface area contributed by atoms with Crippen molar-refractivity contribution in [1.82, 2.24) is 0 Å². The molecule has 2 aromatic carbocycles. The number of benzene rings is 2. The van der Waals surface area contributed by atoms with Gasteiger partial charge in [-0.05, 0) is 36.4 Å². The molecule has 2 aromatic rings. The summed E-state index contributed by atoms with van der Waals surface area (Å²) in [5.41, 5.74) is 0.407. The van der Waals surface area contributed by atoms with Gasteiger partial charge in [0.15, 0.2) is 0 Å². The molecule has 0 amide bonds. The van der Waals surface area contributed by atoms with Gasteiger partial charge >= 0.3 is 5.97 Å². The number of hydrogen-bond donors (Lipinski definition) is 2. The van der Waals surface area contributed by atoms with Crippen LogP contribution in [-0.2, 0) is 0 Å². The average molecular weight is 261 g/mol. The van der Waals surface area contributed by atoms with Gasteiger partial charge in [0.1, 0.15) is 11.6 Å². The summed E-state index contributed by atoms with van der Waals surface area (Å²) in [6.45, 7) is 0. The Kier molecular flexibility index (Phi) is 3.66. The first-order valence-corrected chi connectivity index (χ1v) is 5.54. The summed E-state index contributed by atoms with van der Waals surface area (Å²) in [6, 6.07) is 10.7. The SMILES string of the molecule is COc1ccc(Nc2c(F)cccc2C(=O)O)cc1. The zero-order chi connectivity index (χ0) is 13.8. The number of nitrogens with one attached hydrogen (secondary N) is 1. The molecule has 5 heteroatoms. The number of carboxylic acids is 1. The second-order valence-corrected chi connectivity index (χ2v) is 3.82. The number of rotatable bonds is 4. The molecule has 0 fully saturated rings. The minimum atomic E-state index is -1.18. The van der Waals surface area contributed by atoms with Gasteiger partial charge in [0.2, 0.25) is 0 Å². The number of aromatic carboxylic acids is 1. The van der Waals surface area contributed by atoms with Crippen LogP contribution in [0.2, 0.25) is 0 Å². The number of anilines is 2. The van der Waals surface area contributed by atoms with E-state index in [-0.39, 0.29) is 11.3 Å². The van der Waals surface area contributed by atoms with Crippen molar-refractivity contribution in [3.8, 4) is 5.75 Å². The summed E-state index contributed by atoms with van der Waals surface area (Å²) >= 11 is 0. The third kappa shape index (κ3) is 2.82. The largest absolute Gasteiger partial charge is 0.497 e. The van der Waals surface area contributed by atoms with Crippen molar-refractivity contribution < 1.29 is 19.0 Å². The van der Waals surface area contributed by atoms with Gasteiger partial charge in [-0.1, -0.05) is 6.07 Å². The second-order valence-electron chi connectivity index (χ2n) is 3.82. The first kappa shape index (κ1) is 12.9. The second kappa shape index (κ2) is 5.39. The van der Waals surface area contributed by atoms with Gasteiger partial charge in [0, 0.05) is 5.69 Å². The van der Waals surface area contributed by atoms with Crippen molar-refractivity contribution in [2.45, 2.75) is 0 Å². The van der Waals surface area contributed by atoms with E-state index < -0.39 is 11.8 Å². The lowest BCUT2D eigenvalue weighted by Gasteiger charge is -2.11. The molecule has 0 saturated carbocycles. The van der Waals surface area contributed by atoms with E-state index in [4.69, 9.17) is 9.84 Å². The van der Waals surface area contributed by atoms with Crippen molar-refractivity contribution in [2.75, 3.05) is 12.4 Å². The standard InChI is InChI=1S/C14H12FNO3/c1-19-10-7-5-9(6-8-10)16-13-11(14(17)18)3-2-4-12(13)15/h2-8,16H,1H3,(H,17,18). The quantitative estimate of drug-likeness (QED) is 0.886. The predicted octanol–water partition coefficient (Wildman–Crippen LogP) is 3.28. The van der Waals surface area contributed by atoms with E-state index in [9.17, 15) is 9.18 Å². The van der Waals surface area contributed by atoms with Crippen LogP contribution in [0.3, 0.4) is 0 Å². The van der Waals surface area contributed by atoms with Crippen molar-refractivity contribution >= 4 is 17.3 Å². The lowest BCUT2D eigenvalue weighted by molar-refractivity contribution is 0.0697. The van der Waals surface area contributed by atoms with E-state index >= 15 is 0 Å². The summed E-state index contributed by atoms with van der Waals surface area (Å²) < 4.78 is 18.7. The van der Waals surface area contributed by atoms with E-state index in [1.54, 1.807) is 31.4 Å². The van der Waals surface area contributed by atoms with Crippen LogP contribution in [0, 0.1) is 5.82 Å². The fourth-order valence-corrected chi connectivity index (χ4v) is 1.65. The Labute approximate surface area is 109 Å². The lowest BCUT2D eigenvalue weighted by atomic mass is 10.1. The van der Waals surface area contributed by atoms with Crippen LogP contribution in [0.4, 0.5) is 15.8 Å². The highest BCUT2D eigenvalue weighted by molar-refractivity contribution is 5.95. The van der Waals surface area contributed by atoms with Crippen molar-refractivity contribution in [3.63, 3.8) is 0 Å². The van der Waals surface area contributed by atoms with Crippen LogP contribution in [0.1, 0.15) is 10.4 Å². The highest BCUT2D eigenvalue weighted by Gasteiger charge is 2.14. The highest BCUT2D eigenvalue weighted by Crippen LogP contribution is 2.25. The molecular formula is C14H12FNO3. The zero-order valence-corrected chi connectivity index (χ0v) is 10.2. The molecule has 0 bridgehead atoms. The summed E-state index contributed by atoms with van der Waals surface area (Å²) in [5, 5.41) is 11.8. The molecule has 2 N–H and O–H groups in total. The lowest BCUT2D eigenvalue weighted by Crippen LogP contribution is -2.04. The number of para-hydroxylation sites is 1. The molecule has 4 nitrogen and oxygen atoms in total. The van der Waals surface area contributed by atoms with Gasteiger partial charge in [-0.25, -0.2) is 9.18 Å². The van der Waals surface area contributed by atoms with E-state index in [0.717, 1.165) is 0 Å². The first-order valence-electron chi connectivity index (χ1n) is 5.54. The Hall–Kier alpha value is -2.56. The van der Waals surface area contributed by atoms with Crippen LogP contribution in [0.5, 0.6) is 5.75 Å². The molecule has 0 radical (unpaired) electrons. The van der Waals surface area contributed by atoms with Gasteiger partial charge in [-0.2, -0.15) is 0 Å². The minimum absolute atomic E-state index is 0.0554. The molecule has 2 rings (SSSR count). The number of methoxy groups -OCH3 is 1. The molecular weight excluding hydrogens is 249 g/mol. The maximum atomic E-state index is 13.7. The molecule has 98 valence electrons. The molecule has 0 spiro atoms. The van der Waals surface area contributed by atoms with Crippen LogP contribution >= 0.6 is 0 Å². The number of carboxylic acid groups (broad SMARTS) is 1. The Balaban J connectivity index is 2.34. The predicted molar refractivity (Wildman–Crippen MR) is 69.6 cm³/mol. The van der Waals surface area contributed by atoms with E-state index in [2.05, 4.69) is 5.32 Å². The Morgan fingerprint density at radius 2 is 1.89 bits per heavy atom. The third-order valence-electron chi connectivity index (χ3n) is 2.60. The fourth-order valence-electron chi connectivity index (χ4n) is 1.65. The highest BCUT2D eigenvalue weighted by atomic mass is 19.1. The average Bonchev–Trinajstić information content (AvgIpc) is 2.41. The molecule has 0 aromatic heterocycles. The van der Waals surface area contributed by atoms with E-state index in [1.807, 2.05) is 0 Å². The molecule has 0 aliphatic rings. The maximum absolute atomic E-state index is 13.7. The molecule has 0 atom stereocenters. The summed E-state index contributed by atoms with van der Waals surface area (Å²) in [4.78, 5) is 11.0. The monoisotopic (exact) mass is 261 g/mol. The number of ether oxygens (including phenoxy) is 1. The van der Waals surface area contributed by atoms with Crippen molar-refractivity contribution in [3.05, 3.63) is 53.8 Å². The van der Waals surface area contributed by atoms with Crippen LogP contribution < -0.4 is 10.1 Å². The Morgan fingerprint density at radius 1 is 1.21 bits per heavy atom. The topological polar surface area (TPSA) is 58.6 Å². The molecule has 19 heavy (non-hydrogen) atoms. The minimum Gasteiger partial charge on any atom is -0.497 e. The van der Waals surface area contributed by atoms with Gasteiger partial charge in [0.05, 0.1) is 18.4 Å². The number of carbonyl (C=O) groups is 1. The molecule has 0 unspecified atom stereocenters. The molecule has 0 aliphatic carbocycles. The van der Waals surface area contributed by atoms with Gasteiger partial charge in [-0.3, -0.25) is 0 Å². The van der Waals surface area contributed by atoms with Crippen molar-refractivity contribution in [1.29, 1.82) is 0 Å². The smallest absolute Gasteiger partial charge is 0.337 e. The molecule has 0 saturated heterocycles. The van der Waals surface area contributed by atoms with Crippen molar-refractivity contribution in [2.24, 2.45) is 0 Å². The zero-order valence-electron chi connectivity index (χ0n) is 10.2. The summed E-state index contributed by atoms with van der Waals surface area (Å²) in [6.07, 6.45) is 0. The summed E-state index contributed by atoms with van der Waals surface area (Å²) in [5.74, 6) is -1.14. The van der Waals surface area contributed by atoms with Gasteiger partial charge < -0.3 is 15.2 Å². The first-order chi connectivity index (χ1) is 9.11. The third-order valence-corrected chi connectivity index (χ3v) is 2.60. The van der Waals surface area contributed by atoms with E-state index in [1.165, 1.54) is 18.2 Å². The van der Waals surface area contributed by atoms with Crippen LogP contribution in [-0.4, -0.2) is 18.2 Å². The van der Waals surface area contributed by atoms with Crippen LogP contribution in [0.15, 0.2) is 42.5 Å². The van der Waals surface area contributed by atoms with Crippen LogP contribution in [0.25, 0.3) is 0 Å². The maximum Gasteiger partial charge on any atom is 0.337 e. The summed E-state index contributed by atoms with van der Waals surface area (Å²) in [7, 11) is 1.54. The van der Waals surface area contributed by atoms with Gasteiger partial charge in [0.25, 0.3) is 0 Å². The molecule has 0 heterocycles.